The SMILES string of the molecule is Cc1nn(-c2ccc(F)cc2)c(Cl)c1/C=N/NC(=O)c1ccc(N)cc1. The largest absolute Gasteiger partial charge is 0.399 e. The molecule has 0 spiro atoms. The highest BCUT2D eigenvalue weighted by molar-refractivity contribution is 6.32. The number of nitrogens with two attached hydrogens (primary N) is 1. The molecule has 0 aliphatic rings. The highest BCUT2D eigenvalue weighted by atomic mass is 35.5. The van der Waals surface area contributed by atoms with E-state index in [4.69, 9.17) is 17.3 Å². The molecule has 0 atom stereocenters. The maximum Gasteiger partial charge on any atom is 0.271 e. The summed E-state index contributed by atoms with van der Waals surface area (Å²) in [5.74, 6) is -0.720. The van der Waals surface area contributed by atoms with Gasteiger partial charge in [0.2, 0.25) is 0 Å². The number of nitrogens with one attached hydrogen (secondary N) is 1. The molecular formula is C18H15ClFN5O. The Bertz CT molecular complexity index is 964. The van der Waals surface area contributed by atoms with Crippen molar-refractivity contribution in [3.8, 4) is 5.69 Å². The summed E-state index contributed by atoms with van der Waals surface area (Å²) in [6, 6.07) is 12.2. The summed E-state index contributed by atoms with van der Waals surface area (Å²) >= 11 is 6.34. The number of benzene rings is 2. The van der Waals surface area contributed by atoms with E-state index in [1.54, 1.807) is 43.3 Å². The van der Waals surface area contributed by atoms with E-state index in [2.05, 4.69) is 15.6 Å². The molecule has 0 bridgehead atoms. The molecule has 3 rings (SSSR count). The number of hydrogen-bond donors (Lipinski definition) is 2. The number of carbonyl (C=O) groups is 1. The van der Waals surface area contributed by atoms with E-state index in [9.17, 15) is 9.18 Å². The minimum atomic E-state index is -0.374. The monoisotopic (exact) mass is 371 g/mol. The molecule has 8 heteroatoms. The van der Waals surface area contributed by atoms with E-state index in [0.29, 0.717) is 33.3 Å². The molecule has 1 amide bonds. The van der Waals surface area contributed by atoms with Gasteiger partial charge in [0.1, 0.15) is 11.0 Å². The molecule has 0 fully saturated rings. The van der Waals surface area contributed by atoms with Gasteiger partial charge in [0.15, 0.2) is 0 Å². The molecule has 3 N–H and O–H groups in total. The zero-order valence-electron chi connectivity index (χ0n) is 13.8. The molecule has 0 aliphatic heterocycles. The number of carbonyl (C=O) groups excluding carboxylic acids is 1. The van der Waals surface area contributed by atoms with Gasteiger partial charge in [0.25, 0.3) is 5.91 Å². The lowest BCUT2D eigenvalue weighted by molar-refractivity contribution is 0.0955. The number of aryl methyl sites for hydroxylation is 1. The van der Waals surface area contributed by atoms with Crippen LogP contribution in [0.15, 0.2) is 53.6 Å². The van der Waals surface area contributed by atoms with Crippen molar-refractivity contribution in [3.05, 3.63) is 76.3 Å². The minimum Gasteiger partial charge on any atom is -0.399 e. The first kappa shape index (κ1) is 17.6. The Morgan fingerprint density at radius 2 is 1.88 bits per heavy atom. The van der Waals surface area contributed by atoms with Gasteiger partial charge in [-0.3, -0.25) is 4.79 Å². The number of nitrogen functional groups attached to an aromatic ring is 1. The van der Waals surface area contributed by atoms with Gasteiger partial charge >= 0.3 is 0 Å². The van der Waals surface area contributed by atoms with Crippen LogP contribution in [0.2, 0.25) is 5.15 Å². The molecule has 26 heavy (non-hydrogen) atoms. The quantitative estimate of drug-likeness (QED) is 0.419. The van der Waals surface area contributed by atoms with Crippen LogP contribution in [0, 0.1) is 12.7 Å². The molecule has 1 heterocycles. The molecule has 0 unspecified atom stereocenters. The lowest BCUT2D eigenvalue weighted by atomic mass is 10.2. The lowest BCUT2D eigenvalue weighted by Gasteiger charge is -2.02. The van der Waals surface area contributed by atoms with Crippen LogP contribution >= 0.6 is 11.6 Å². The van der Waals surface area contributed by atoms with Gasteiger partial charge in [-0.05, 0) is 55.5 Å². The molecule has 0 aliphatic carbocycles. The van der Waals surface area contributed by atoms with Gasteiger partial charge in [-0.25, -0.2) is 14.5 Å². The normalized spacial score (nSPS) is 11.0. The number of aromatic nitrogens is 2. The fourth-order valence-corrected chi connectivity index (χ4v) is 2.59. The Labute approximate surface area is 154 Å². The lowest BCUT2D eigenvalue weighted by Crippen LogP contribution is -2.17. The summed E-state index contributed by atoms with van der Waals surface area (Å²) in [5.41, 5.74) is 10.8. The molecule has 0 saturated carbocycles. The van der Waals surface area contributed by atoms with Crippen LogP contribution in [0.1, 0.15) is 21.6 Å². The van der Waals surface area contributed by atoms with E-state index >= 15 is 0 Å². The number of anilines is 1. The first-order chi connectivity index (χ1) is 12.5. The molecule has 132 valence electrons. The third-order valence-corrected chi connectivity index (χ3v) is 4.02. The van der Waals surface area contributed by atoms with Crippen LogP contribution in [0.5, 0.6) is 0 Å². The van der Waals surface area contributed by atoms with Crippen molar-refractivity contribution in [2.45, 2.75) is 6.92 Å². The Kier molecular flexibility index (Phi) is 4.99. The number of nitrogens with zero attached hydrogens (tertiary/aromatic N) is 3. The zero-order valence-corrected chi connectivity index (χ0v) is 14.5. The summed E-state index contributed by atoms with van der Waals surface area (Å²) < 4.78 is 14.5. The van der Waals surface area contributed by atoms with Crippen LogP contribution in [-0.2, 0) is 0 Å². The number of rotatable bonds is 4. The first-order valence-electron chi connectivity index (χ1n) is 7.65. The molecule has 0 radical (unpaired) electrons. The standard InChI is InChI=1S/C18H15ClFN5O/c1-11-16(10-22-23-18(26)12-2-6-14(21)7-3-12)17(19)25(24-11)15-8-4-13(20)5-9-15/h2-10H,21H2,1H3,(H,23,26)/b22-10+. The Morgan fingerprint density at radius 3 is 2.54 bits per heavy atom. The van der Waals surface area contributed by atoms with Crippen LogP contribution in [0.3, 0.4) is 0 Å². The van der Waals surface area contributed by atoms with Gasteiger partial charge in [-0.2, -0.15) is 10.2 Å². The predicted molar refractivity (Wildman–Crippen MR) is 99.2 cm³/mol. The van der Waals surface area contributed by atoms with E-state index in [-0.39, 0.29) is 11.7 Å². The van der Waals surface area contributed by atoms with Crippen LogP contribution in [-0.4, -0.2) is 21.9 Å². The molecule has 2 aromatic carbocycles. The number of halogens is 2. The van der Waals surface area contributed by atoms with E-state index < -0.39 is 0 Å². The van der Waals surface area contributed by atoms with Crippen LogP contribution < -0.4 is 11.2 Å². The minimum absolute atomic E-state index is 0.305. The van der Waals surface area contributed by atoms with Gasteiger partial charge in [-0.15, -0.1) is 0 Å². The predicted octanol–water partition coefficient (Wildman–Crippen LogP) is 3.32. The van der Waals surface area contributed by atoms with Crippen LogP contribution in [0.4, 0.5) is 10.1 Å². The van der Waals surface area contributed by atoms with Crippen molar-refractivity contribution in [2.24, 2.45) is 5.10 Å². The fraction of sp³-hybridized carbons (Fsp3) is 0.0556. The second-order valence-corrected chi connectivity index (χ2v) is 5.86. The average Bonchev–Trinajstić information content (AvgIpc) is 2.91. The molecule has 1 aromatic heterocycles. The van der Waals surface area contributed by atoms with Crippen molar-refractivity contribution in [1.82, 2.24) is 15.2 Å². The number of amides is 1. The summed E-state index contributed by atoms with van der Waals surface area (Å²) in [4.78, 5) is 12.0. The van der Waals surface area contributed by atoms with Crippen molar-refractivity contribution >= 4 is 29.4 Å². The summed E-state index contributed by atoms with van der Waals surface area (Å²) in [7, 11) is 0. The average molecular weight is 372 g/mol. The third-order valence-electron chi connectivity index (χ3n) is 3.65. The van der Waals surface area contributed by atoms with Gasteiger partial charge < -0.3 is 5.73 Å². The van der Waals surface area contributed by atoms with E-state index in [0.717, 1.165) is 0 Å². The van der Waals surface area contributed by atoms with E-state index in [1.165, 1.54) is 23.0 Å². The van der Waals surface area contributed by atoms with Gasteiger partial charge in [-0.1, -0.05) is 11.6 Å². The zero-order chi connectivity index (χ0) is 18.7. The number of hydrogen-bond acceptors (Lipinski definition) is 4. The van der Waals surface area contributed by atoms with Gasteiger partial charge in [0, 0.05) is 11.3 Å². The van der Waals surface area contributed by atoms with Crippen molar-refractivity contribution in [2.75, 3.05) is 5.73 Å². The Hall–Kier alpha value is -3.19. The highest BCUT2D eigenvalue weighted by Gasteiger charge is 2.13. The second kappa shape index (κ2) is 7.37. The van der Waals surface area contributed by atoms with Crippen molar-refractivity contribution < 1.29 is 9.18 Å². The Balaban J connectivity index is 1.77. The van der Waals surface area contributed by atoms with Gasteiger partial charge in [0.05, 0.1) is 23.2 Å². The second-order valence-electron chi connectivity index (χ2n) is 5.50. The Morgan fingerprint density at radius 1 is 1.23 bits per heavy atom. The molecule has 3 aromatic rings. The third kappa shape index (κ3) is 3.73. The maximum atomic E-state index is 13.1. The summed E-state index contributed by atoms with van der Waals surface area (Å²) in [6.45, 7) is 1.76. The summed E-state index contributed by atoms with van der Waals surface area (Å²) in [5, 5.41) is 8.55. The maximum absolute atomic E-state index is 13.1. The van der Waals surface area contributed by atoms with Crippen molar-refractivity contribution in [3.63, 3.8) is 0 Å². The smallest absolute Gasteiger partial charge is 0.271 e. The first-order valence-corrected chi connectivity index (χ1v) is 8.03. The topological polar surface area (TPSA) is 85.3 Å². The highest BCUT2D eigenvalue weighted by Crippen LogP contribution is 2.22. The van der Waals surface area contributed by atoms with E-state index in [1.807, 2.05) is 0 Å². The van der Waals surface area contributed by atoms with Crippen LogP contribution in [0.25, 0.3) is 5.69 Å². The number of hydrazone groups is 1. The molecule has 6 nitrogen and oxygen atoms in total. The summed E-state index contributed by atoms with van der Waals surface area (Å²) in [6.07, 6.45) is 1.42. The molecular weight excluding hydrogens is 357 g/mol. The fourth-order valence-electron chi connectivity index (χ4n) is 2.27. The van der Waals surface area contributed by atoms with Crippen molar-refractivity contribution in [1.29, 1.82) is 0 Å². The molecule has 0 saturated heterocycles.